The second kappa shape index (κ2) is 6.46. The molecule has 0 spiro atoms. The zero-order valence-corrected chi connectivity index (χ0v) is 15.0. The molecule has 8 nitrogen and oxygen atoms in total. The van der Waals surface area contributed by atoms with E-state index in [4.69, 9.17) is 0 Å². The number of aromatic nitrogens is 4. The molecule has 1 saturated heterocycles. The lowest BCUT2D eigenvalue weighted by atomic mass is 9.96. The third-order valence-corrected chi connectivity index (χ3v) is 5.12. The highest BCUT2D eigenvalue weighted by atomic mass is 16.4. The zero-order valence-electron chi connectivity index (χ0n) is 15.0. The summed E-state index contributed by atoms with van der Waals surface area (Å²) in [6, 6.07) is 5.20. The van der Waals surface area contributed by atoms with Crippen molar-refractivity contribution >= 4 is 22.9 Å². The number of aliphatic carboxylic acids is 1. The summed E-state index contributed by atoms with van der Waals surface area (Å²) in [6.07, 6.45) is 3.25. The highest BCUT2D eigenvalue weighted by Crippen LogP contribution is 2.32. The van der Waals surface area contributed by atoms with Gasteiger partial charge in [0.1, 0.15) is 5.82 Å². The van der Waals surface area contributed by atoms with Gasteiger partial charge in [0, 0.05) is 37.0 Å². The van der Waals surface area contributed by atoms with Gasteiger partial charge in [-0.25, -0.2) is 15.0 Å². The van der Waals surface area contributed by atoms with Gasteiger partial charge in [0.15, 0.2) is 0 Å². The first-order valence-electron chi connectivity index (χ1n) is 8.70. The van der Waals surface area contributed by atoms with E-state index in [2.05, 4.69) is 19.9 Å². The maximum atomic E-state index is 13.0. The van der Waals surface area contributed by atoms with Gasteiger partial charge in [-0.15, -0.1) is 0 Å². The van der Waals surface area contributed by atoms with E-state index >= 15 is 0 Å². The first-order chi connectivity index (χ1) is 12.9. The standard InChI is InChI=1S/C19H19N5O3/c1-10-11(2)23-16-7-12(3-4-15(16)22-10)18(25)24-8-13(14(9-24)19(26)27)17-20-5-6-21-17/h3-7,13-14H,8-9H2,1-2H3,(H,20,21)(H,26,27)/t13-,14-/m1/s1. The fourth-order valence-electron chi connectivity index (χ4n) is 3.52. The monoisotopic (exact) mass is 365 g/mol. The van der Waals surface area contributed by atoms with E-state index in [0.29, 0.717) is 23.4 Å². The molecule has 0 saturated carbocycles. The summed E-state index contributed by atoms with van der Waals surface area (Å²) in [5, 5.41) is 9.55. The molecule has 2 aromatic heterocycles. The van der Waals surface area contributed by atoms with Crippen LogP contribution in [0.5, 0.6) is 0 Å². The number of imidazole rings is 1. The van der Waals surface area contributed by atoms with Crippen LogP contribution in [0.3, 0.4) is 0 Å². The molecule has 0 aliphatic carbocycles. The molecular formula is C19H19N5O3. The molecule has 1 amide bonds. The van der Waals surface area contributed by atoms with Gasteiger partial charge >= 0.3 is 5.97 Å². The number of nitrogens with one attached hydrogen (secondary N) is 1. The molecule has 0 unspecified atom stereocenters. The second-order valence-corrected chi connectivity index (χ2v) is 6.83. The van der Waals surface area contributed by atoms with E-state index in [1.807, 2.05) is 13.8 Å². The van der Waals surface area contributed by atoms with Crippen LogP contribution < -0.4 is 0 Å². The van der Waals surface area contributed by atoms with E-state index in [1.165, 1.54) is 0 Å². The van der Waals surface area contributed by atoms with Crippen LogP contribution in [-0.2, 0) is 4.79 Å². The number of aromatic amines is 1. The van der Waals surface area contributed by atoms with Gasteiger partial charge in [-0.3, -0.25) is 9.59 Å². The highest BCUT2D eigenvalue weighted by Gasteiger charge is 2.42. The van der Waals surface area contributed by atoms with Crippen LogP contribution in [0.2, 0.25) is 0 Å². The number of carbonyl (C=O) groups is 2. The number of nitrogens with zero attached hydrogens (tertiary/aromatic N) is 4. The van der Waals surface area contributed by atoms with Crippen molar-refractivity contribution in [3.63, 3.8) is 0 Å². The lowest BCUT2D eigenvalue weighted by Gasteiger charge is -2.16. The van der Waals surface area contributed by atoms with Gasteiger partial charge in [0.25, 0.3) is 5.91 Å². The minimum absolute atomic E-state index is 0.149. The lowest BCUT2D eigenvalue weighted by Crippen LogP contribution is -2.29. The lowest BCUT2D eigenvalue weighted by molar-refractivity contribution is -0.141. The van der Waals surface area contributed by atoms with Crippen LogP contribution in [0.15, 0.2) is 30.6 Å². The second-order valence-electron chi connectivity index (χ2n) is 6.83. The average molecular weight is 365 g/mol. The van der Waals surface area contributed by atoms with Crippen molar-refractivity contribution in [3.05, 3.63) is 53.4 Å². The molecule has 3 heterocycles. The van der Waals surface area contributed by atoms with Crippen LogP contribution in [0.25, 0.3) is 11.0 Å². The number of benzene rings is 1. The van der Waals surface area contributed by atoms with Gasteiger partial charge in [-0.2, -0.15) is 0 Å². The minimum atomic E-state index is -0.929. The van der Waals surface area contributed by atoms with Crippen molar-refractivity contribution in [3.8, 4) is 0 Å². The summed E-state index contributed by atoms with van der Waals surface area (Å²) < 4.78 is 0. The van der Waals surface area contributed by atoms with Crippen molar-refractivity contribution in [1.82, 2.24) is 24.8 Å². The Balaban J connectivity index is 1.63. The number of fused-ring (bicyclic) bond motifs is 1. The van der Waals surface area contributed by atoms with Crippen LogP contribution in [0.4, 0.5) is 0 Å². The molecule has 0 bridgehead atoms. The van der Waals surface area contributed by atoms with E-state index in [9.17, 15) is 14.7 Å². The van der Waals surface area contributed by atoms with Gasteiger partial charge in [-0.1, -0.05) is 0 Å². The summed E-state index contributed by atoms with van der Waals surface area (Å²) in [6.45, 7) is 4.23. The first-order valence-corrected chi connectivity index (χ1v) is 8.70. The van der Waals surface area contributed by atoms with Gasteiger partial charge in [0.05, 0.1) is 28.3 Å². The molecular weight excluding hydrogens is 346 g/mol. The maximum absolute atomic E-state index is 13.0. The Kier molecular flexibility index (Phi) is 4.10. The minimum Gasteiger partial charge on any atom is -0.481 e. The Hall–Kier alpha value is -3.29. The Bertz CT molecular complexity index is 1030. The summed E-state index contributed by atoms with van der Waals surface area (Å²) >= 11 is 0. The van der Waals surface area contributed by atoms with Crippen molar-refractivity contribution in [1.29, 1.82) is 0 Å². The number of amides is 1. The number of likely N-dealkylation sites (tertiary alicyclic amines) is 1. The van der Waals surface area contributed by atoms with Gasteiger partial charge in [0.2, 0.25) is 0 Å². The van der Waals surface area contributed by atoms with Crippen LogP contribution in [0, 0.1) is 19.8 Å². The van der Waals surface area contributed by atoms with Crippen molar-refractivity contribution < 1.29 is 14.7 Å². The molecule has 1 aliphatic heterocycles. The molecule has 4 rings (SSSR count). The number of hydrogen-bond acceptors (Lipinski definition) is 5. The molecule has 3 aromatic rings. The number of rotatable bonds is 3. The predicted octanol–water partition coefficient (Wildman–Crippen LogP) is 1.91. The number of carboxylic acids is 1. The molecule has 1 aliphatic rings. The smallest absolute Gasteiger partial charge is 0.309 e. The summed E-state index contributed by atoms with van der Waals surface area (Å²) in [7, 11) is 0. The fourth-order valence-corrected chi connectivity index (χ4v) is 3.52. The summed E-state index contributed by atoms with van der Waals surface area (Å²) in [5.74, 6) is -1.59. The van der Waals surface area contributed by atoms with E-state index in [-0.39, 0.29) is 18.4 Å². The van der Waals surface area contributed by atoms with Gasteiger partial charge in [-0.05, 0) is 32.0 Å². The van der Waals surface area contributed by atoms with E-state index < -0.39 is 11.9 Å². The van der Waals surface area contributed by atoms with Crippen molar-refractivity contribution in [2.45, 2.75) is 19.8 Å². The molecule has 0 radical (unpaired) electrons. The molecule has 138 valence electrons. The highest BCUT2D eigenvalue weighted by molar-refractivity contribution is 5.97. The normalized spacial score (nSPS) is 19.6. The molecule has 1 fully saturated rings. The molecule has 1 aromatic carbocycles. The van der Waals surface area contributed by atoms with Crippen molar-refractivity contribution in [2.75, 3.05) is 13.1 Å². The third-order valence-electron chi connectivity index (χ3n) is 5.12. The Morgan fingerprint density at radius 2 is 1.89 bits per heavy atom. The zero-order chi connectivity index (χ0) is 19.1. The van der Waals surface area contributed by atoms with Crippen molar-refractivity contribution in [2.24, 2.45) is 5.92 Å². The SMILES string of the molecule is Cc1nc2ccc(C(=O)N3C[C@@H](C(=O)O)[C@H](c4ncc[nH]4)C3)cc2nc1C. The molecule has 2 atom stereocenters. The predicted molar refractivity (Wildman–Crippen MR) is 97.4 cm³/mol. The summed E-state index contributed by atoms with van der Waals surface area (Å²) in [4.78, 5) is 42.3. The molecule has 8 heteroatoms. The average Bonchev–Trinajstić information content (AvgIpc) is 3.31. The van der Waals surface area contributed by atoms with E-state index in [0.717, 1.165) is 16.9 Å². The fraction of sp³-hybridized carbons (Fsp3) is 0.316. The number of H-pyrrole nitrogens is 1. The Morgan fingerprint density at radius 1 is 1.15 bits per heavy atom. The maximum Gasteiger partial charge on any atom is 0.309 e. The van der Waals surface area contributed by atoms with Crippen LogP contribution in [0.1, 0.15) is 33.5 Å². The Morgan fingerprint density at radius 3 is 2.56 bits per heavy atom. The number of carboxylic acid groups (broad SMARTS) is 1. The molecule has 27 heavy (non-hydrogen) atoms. The van der Waals surface area contributed by atoms with Crippen LogP contribution >= 0.6 is 0 Å². The summed E-state index contributed by atoms with van der Waals surface area (Å²) in [5.41, 5.74) is 3.53. The number of aryl methyl sites for hydroxylation is 2. The Labute approximate surface area is 155 Å². The topological polar surface area (TPSA) is 112 Å². The van der Waals surface area contributed by atoms with E-state index in [1.54, 1.807) is 35.5 Å². The largest absolute Gasteiger partial charge is 0.481 e. The van der Waals surface area contributed by atoms with Crippen LogP contribution in [-0.4, -0.2) is 54.9 Å². The third kappa shape index (κ3) is 3.03. The molecule has 2 N–H and O–H groups in total. The number of hydrogen-bond donors (Lipinski definition) is 2. The number of carbonyl (C=O) groups excluding carboxylic acids is 1. The first kappa shape index (κ1) is 17.1. The van der Waals surface area contributed by atoms with Gasteiger partial charge < -0.3 is 15.0 Å². The quantitative estimate of drug-likeness (QED) is 0.733.